The van der Waals surface area contributed by atoms with Crippen molar-refractivity contribution in [1.82, 2.24) is 14.8 Å². The van der Waals surface area contributed by atoms with Crippen LogP contribution in [0.3, 0.4) is 0 Å². The number of thioether (sulfide) groups is 1. The minimum atomic E-state index is 0.396. The second kappa shape index (κ2) is 5.97. The van der Waals surface area contributed by atoms with Crippen LogP contribution in [0.2, 0.25) is 0 Å². The van der Waals surface area contributed by atoms with E-state index in [1.54, 1.807) is 18.9 Å². The van der Waals surface area contributed by atoms with Gasteiger partial charge in [0.15, 0.2) is 5.82 Å². The van der Waals surface area contributed by atoms with E-state index in [1.807, 2.05) is 0 Å². The van der Waals surface area contributed by atoms with Gasteiger partial charge in [-0.25, -0.2) is 9.67 Å². The molecule has 0 N–H and O–H groups in total. The second-order valence-electron chi connectivity index (χ2n) is 5.09. The maximum atomic E-state index is 5.15. The van der Waals surface area contributed by atoms with Crippen molar-refractivity contribution in [2.24, 2.45) is 0 Å². The van der Waals surface area contributed by atoms with Crippen molar-refractivity contribution in [3.05, 3.63) is 47.0 Å². The molecule has 5 heteroatoms. The number of rotatable bonds is 5. The molecule has 0 aliphatic heterocycles. The first kappa shape index (κ1) is 13.6. The molecule has 0 spiro atoms. The van der Waals surface area contributed by atoms with Gasteiger partial charge in [-0.2, -0.15) is 16.9 Å². The predicted molar refractivity (Wildman–Crippen MR) is 80.8 cm³/mol. The molecule has 2 aromatic rings. The fourth-order valence-corrected chi connectivity index (χ4v) is 3.28. The number of nitrogens with zero attached hydrogens (tertiary/aromatic N) is 3. The number of methoxy groups -OCH3 is 1. The van der Waals surface area contributed by atoms with Crippen molar-refractivity contribution < 1.29 is 4.74 Å². The Morgan fingerprint density at radius 3 is 2.60 bits per heavy atom. The molecule has 1 aliphatic rings. The zero-order valence-corrected chi connectivity index (χ0v) is 12.7. The lowest BCUT2D eigenvalue weighted by Crippen LogP contribution is -2.14. The Labute approximate surface area is 123 Å². The molecule has 0 bridgehead atoms. The standard InChI is InChI=1S/C15H19N3OS/c1-19-9-14-16-15(10-20-2)18(17-14)13-7-11-5-3-4-6-12(11)8-13/h3-6,13H,7-10H2,1-2H3. The number of fused-ring (bicyclic) bond motifs is 1. The van der Waals surface area contributed by atoms with Crippen LogP contribution in [-0.4, -0.2) is 28.1 Å². The van der Waals surface area contributed by atoms with Gasteiger partial charge in [0.2, 0.25) is 0 Å². The molecule has 1 heterocycles. The highest BCUT2D eigenvalue weighted by Gasteiger charge is 2.25. The Kier molecular flexibility index (Phi) is 4.08. The van der Waals surface area contributed by atoms with Crippen LogP contribution in [0.25, 0.3) is 0 Å². The molecular weight excluding hydrogens is 270 g/mol. The minimum Gasteiger partial charge on any atom is -0.377 e. The van der Waals surface area contributed by atoms with Crippen LogP contribution in [0.4, 0.5) is 0 Å². The molecule has 1 aromatic carbocycles. The lowest BCUT2D eigenvalue weighted by molar-refractivity contribution is 0.177. The normalized spacial score (nSPS) is 14.7. The van der Waals surface area contributed by atoms with Crippen LogP contribution in [0.15, 0.2) is 24.3 Å². The Morgan fingerprint density at radius 2 is 2.00 bits per heavy atom. The van der Waals surface area contributed by atoms with Gasteiger partial charge in [0.05, 0.1) is 11.8 Å². The van der Waals surface area contributed by atoms with E-state index in [9.17, 15) is 0 Å². The molecule has 0 radical (unpaired) electrons. The van der Waals surface area contributed by atoms with Crippen molar-refractivity contribution >= 4 is 11.8 Å². The molecule has 1 aliphatic carbocycles. The highest BCUT2D eigenvalue weighted by atomic mass is 32.2. The molecule has 0 atom stereocenters. The smallest absolute Gasteiger partial charge is 0.176 e. The molecule has 106 valence electrons. The maximum Gasteiger partial charge on any atom is 0.176 e. The molecule has 3 rings (SSSR count). The van der Waals surface area contributed by atoms with Crippen LogP contribution < -0.4 is 0 Å². The second-order valence-corrected chi connectivity index (χ2v) is 5.95. The Bertz CT molecular complexity index is 572. The number of benzene rings is 1. The average Bonchev–Trinajstić information content (AvgIpc) is 3.03. The third-order valence-corrected chi connectivity index (χ3v) is 4.21. The van der Waals surface area contributed by atoms with E-state index in [2.05, 4.69) is 45.3 Å². The quantitative estimate of drug-likeness (QED) is 0.848. The number of hydrogen-bond acceptors (Lipinski definition) is 4. The summed E-state index contributed by atoms with van der Waals surface area (Å²) in [4.78, 5) is 4.60. The molecule has 0 saturated heterocycles. The zero-order chi connectivity index (χ0) is 13.9. The summed E-state index contributed by atoms with van der Waals surface area (Å²) in [5, 5.41) is 4.65. The number of ether oxygens (including phenoxy) is 1. The molecule has 0 fully saturated rings. The molecule has 0 amide bonds. The highest BCUT2D eigenvalue weighted by Crippen LogP contribution is 2.30. The van der Waals surface area contributed by atoms with E-state index in [4.69, 9.17) is 4.74 Å². The SMILES string of the molecule is COCc1nc(CSC)n(C2Cc3ccccc3C2)n1. The summed E-state index contributed by atoms with van der Waals surface area (Å²) in [6.07, 6.45) is 4.19. The van der Waals surface area contributed by atoms with E-state index in [0.29, 0.717) is 12.6 Å². The fourth-order valence-electron chi connectivity index (χ4n) is 2.82. The van der Waals surface area contributed by atoms with Gasteiger partial charge in [0, 0.05) is 7.11 Å². The van der Waals surface area contributed by atoms with Crippen molar-refractivity contribution in [2.45, 2.75) is 31.2 Å². The van der Waals surface area contributed by atoms with E-state index >= 15 is 0 Å². The van der Waals surface area contributed by atoms with Crippen LogP contribution in [0.1, 0.15) is 28.8 Å². The lowest BCUT2D eigenvalue weighted by atomic mass is 10.1. The van der Waals surface area contributed by atoms with Gasteiger partial charge < -0.3 is 4.74 Å². The fraction of sp³-hybridized carbons (Fsp3) is 0.467. The first-order chi connectivity index (χ1) is 9.81. The van der Waals surface area contributed by atoms with Crippen molar-refractivity contribution in [2.75, 3.05) is 13.4 Å². The largest absolute Gasteiger partial charge is 0.377 e. The van der Waals surface area contributed by atoms with Gasteiger partial charge >= 0.3 is 0 Å². The van der Waals surface area contributed by atoms with Crippen LogP contribution >= 0.6 is 11.8 Å². The lowest BCUT2D eigenvalue weighted by Gasteiger charge is -2.12. The third-order valence-electron chi connectivity index (χ3n) is 3.67. The van der Waals surface area contributed by atoms with E-state index in [-0.39, 0.29) is 0 Å². The average molecular weight is 289 g/mol. The highest BCUT2D eigenvalue weighted by molar-refractivity contribution is 7.97. The van der Waals surface area contributed by atoms with Crippen molar-refractivity contribution in [3.8, 4) is 0 Å². The minimum absolute atomic E-state index is 0.396. The predicted octanol–water partition coefficient (Wildman–Crippen LogP) is 2.63. The monoisotopic (exact) mass is 289 g/mol. The van der Waals surface area contributed by atoms with Gasteiger partial charge in [0.1, 0.15) is 12.4 Å². The maximum absolute atomic E-state index is 5.15. The Morgan fingerprint density at radius 1 is 1.30 bits per heavy atom. The van der Waals surface area contributed by atoms with Gasteiger partial charge in [-0.1, -0.05) is 24.3 Å². The summed E-state index contributed by atoms with van der Waals surface area (Å²) in [6, 6.07) is 9.06. The van der Waals surface area contributed by atoms with E-state index in [1.165, 1.54) is 11.1 Å². The first-order valence-corrected chi connectivity index (χ1v) is 8.20. The first-order valence-electron chi connectivity index (χ1n) is 6.80. The van der Waals surface area contributed by atoms with E-state index in [0.717, 1.165) is 30.2 Å². The topological polar surface area (TPSA) is 39.9 Å². The summed E-state index contributed by atoms with van der Waals surface area (Å²) >= 11 is 1.78. The Hall–Kier alpha value is -1.33. The number of aromatic nitrogens is 3. The van der Waals surface area contributed by atoms with Gasteiger partial charge in [-0.05, 0) is 30.2 Å². The zero-order valence-electron chi connectivity index (χ0n) is 11.9. The summed E-state index contributed by atoms with van der Waals surface area (Å²) in [6.45, 7) is 0.480. The molecule has 0 unspecified atom stereocenters. The molecule has 0 saturated carbocycles. The van der Waals surface area contributed by atoms with E-state index < -0.39 is 0 Å². The summed E-state index contributed by atoms with van der Waals surface area (Å²) in [7, 11) is 1.68. The van der Waals surface area contributed by atoms with Gasteiger partial charge in [-0.3, -0.25) is 0 Å². The molecular formula is C15H19N3OS. The molecule has 1 aromatic heterocycles. The van der Waals surface area contributed by atoms with Crippen LogP contribution in [0.5, 0.6) is 0 Å². The van der Waals surface area contributed by atoms with Gasteiger partial charge in [0.25, 0.3) is 0 Å². The van der Waals surface area contributed by atoms with Crippen LogP contribution in [-0.2, 0) is 29.9 Å². The number of hydrogen-bond donors (Lipinski definition) is 0. The third kappa shape index (κ3) is 2.60. The summed E-state index contributed by atoms with van der Waals surface area (Å²) < 4.78 is 7.27. The Balaban J connectivity index is 1.87. The van der Waals surface area contributed by atoms with Crippen molar-refractivity contribution in [3.63, 3.8) is 0 Å². The molecule has 4 nitrogen and oxygen atoms in total. The molecule has 20 heavy (non-hydrogen) atoms. The van der Waals surface area contributed by atoms with Crippen LogP contribution in [0, 0.1) is 0 Å². The summed E-state index contributed by atoms with van der Waals surface area (Å²) in [5.41, 5.74) is 2.88. The summed E-state index contributed by atoms with van der Waals surface area (Å²) in [5.74, 6) is 2.73. The van der Waals surface area contributed by atoms with Gasteiger partial charge in [-0.15, -0.1) is 0 Å². The van der Waals surface area contributed by atoms with Crippen molar-refractivity contribution in [1.29, 1.82) is 0 Å².